The van der Waals surface area contributed by atoms with E-state index in [0.717, 1.165) is 6.07 Å². The third kappa shape index (κ3) is 7.01. The molecule has 0 bridgehead atoms. The number of benzene rings is 1. The molecule has 3 atom stereocenters. The van der Waals surface area contributed by atoms with Crippen LogP contribution in [0.25, 0.3) is 0 Å². The number of fused-ring (bicyclic) bond motifs is 1. The van der Waals surface area contributed by atoms with Crippen LogP contribution in [0.4, 0.5) is 27.6 Å². The van der Waals surface area contributed by atoms with Gasteiger partial charge in [-0.3, -0.25) is 4.79 Å². The van der Waals surface area contributed by atoms with Gasteiger partial charge in [0.05, 0.1) is 21.4 Å². The molecule has 6 nitrogen and oxygen atoms in total. The van der Waals surface area contributed by atoms with E-state index in [0.29, 0.717) is 11.8 Å². The number of aliphatic carboxylic acids is 1. The molecule has 1 saturated carbocycles. The number of rotatable bonds is 9. The predicted molar refractivity (Wildman–Crippen MR) is 130 cm³/mol. The summed E-state index contributed by atoms with van der Waals surface area (Å²) in [7, 11) is -4.68. The summed E-state index contributed by atoms with van der Waals surface area (Å²) < 4.78 is 103. The summed E-state index contributed by atoms with van der Waals surface area (Å²) in [5.74, 6) is -9.27. The van der Waals surface area contributed by atoms with E-state index in [1.165, 1.54) is 24.8 Å². The highest BCUT2D eigenvalue weighted by Crippen LogP contribution is 2.46. The van der Waals surface area contributed by atoms with E-state index in [-0.39, 0.29) is 37.4 Å². The second kappa shape index (κ2) is 11.2. The molecular weight excluding hydrogens is 541 g/mol. The van der Waals surface area contributed by atoms with Crippen LogP contribution in [0.1, 0.15) is 52.4 Å². The zero-order valence-corrected chi connectivity index (χ0v) is 22.5. The molecule has 0 radical (unpaired) electrons. The molecule has 1 N–H and O–H groups in total. The second-order valence-electron chi connectivity index (χ2n) is 10.0. The summed E-state index contributed by atoms with van der Waals surface area (Å²) >= 11 is 1.19. The molecule has 1 fully saturated rings. The Morgan fingerprint density at radius 3 is 2.46 bits per heavy atom. The van der Waals surface area contributed by atoms with E-state index >= 15 is 4.39 Å². The third-order valence-electron chi connectivity index (χ3n) is 6.95. The number of carbonyl (C=O) groups is 1. The van der Waals surface area contributed by atoms with Gasteiger partial charge in [-0.2, -0.15) is 0 Å². The fraction of sp³-hybridized carbons (Fsp3) is 0.708. The number of ether oxygens (including phenoxy) is 1. The Morgan fingerprint density at radius 1 is 1.30 bits per heavy atom. The first-order valence-electron chi connectivity index (χ1n) is 12.0. The molecule has 0 unspecified atom stereocenters. The third-order valence-corrected chi connectivity index (χ3v) is 9.63. The molecule has 0 saturated heterocycles. The minimum Gasteiger partial charge on any atom is -0.491 e. The van der Waals surface area contributed by atoms with Gasteiger partial charge in [0.25, 0.3) is 0 Å². The van der Waals surface area contributed by atoms with Crippen LogP contribution in [-0.4, -0.2) is 62.3 Å². The van der Waals surface area contributed by atoms with Gasteiger partial charge in [-0.15, -0.1) is 11.8 Å². The highest BCUT2D eigenvalue weighted by molar-refractivity contribution is 7.98. The maximum Gasteiger partial charge on any atom is 0.309 e. The summed E-state index contributed by atoms with van der Waals surface area (Å²) in [5.41, 5.74) is -2.37. The maximum absolute atomic E-state index is 15.6. The van der Waals surface area contributed by atoms with E-state index in [1.54, 1.807) is 11.2 Å². The van der Waals surface area contributed by atoms with Gasteiger partial charge in [0, 0.05) is 43.8 Å². The topological polar surface area (TPSA) is 83.9 Å². The van der Waals surface area contributed by atoms with Crippen molar-refractivity contribution < 1.29 is 45.0 Å². The maximum atomic E-state index is 15.6. The molecule has 0 aromatic heterocycles. The van der Waals surface area contributed by atoms with Crippen molar-refractivity contribution >= 4 is 33.3 Å². The number of halogens is 5. The van der Waals surface area contributed by atoms with Gasteiger partial charge in [0.15, 0.2) is 0 Å². The molecule has 13 heteroatoms. The lowest BCUT2D eigenvalue weighted by atomic mass is 9.89. The summed E-state index contributed by atoms with van der Waals surface area (Å²) in [6.07, 6.45) is -0.223. The van der Waals surface area contributed by atoms with Crippen molar-refractivity contribution in [2.24, 2.45) is 11.8 Å². The Bertz CT molecular complexity index is 1090. The van der Waals surface area contributed by atoms with Gasteiger partial charge in [-0.05, 0) is 45.4 Å². The zero-order valence-electron chi connectivity index (χ0n) is 20.9. The first-order valence-corrected chi connectivity index (χ1v) is 14.8. The zero-order chi connectivity index (χ0) is 27.8. The van der Waals surface area contributed by atoms with Crippen LogP contribution in [0.3, 0.4) is 0 Å². The Hall–Kier alpha value is -1.76. The quantitative estimate of drug-likeness (QED) is 0.285. The Morgan fingerprint density at radius 2 is 1.92 bits per heavy atom. The first kappa shape index (κ1) is 29.8. The number of thioether (sulfide) groups is 1. The van der Waals surface area contributed by atoms with E-state index in [9.17, 15) is 30.8 Å². The van der Waals surface area contributed by atoms with E-state index in [1.807, 2.05) is 0 Å². The van der Waals surface area contributed by atoms with Gasteiger partial charge in [-0.25, -0.2) is 30.4 Å². The molecule has 210 valence electrons. The van der Waals surface area contributed by atoms with Crippen LogP contribution in [0.15, 0.2) is 21.9 Å². The summed E-state index contributed by atoms with van der Waals surface area (Å²) in [6, 6.07) is 2.09. The molecule has 1 aliphatic carbocycles. The smallest absolute Gasteiger partial charge is 0.309 e. The number of nitrogens with zero attached hydrogens (tertiary/aromatic N) is 1. The van der Waals surface area contributed by atoms with Crippen molar-refractivity contribution in [3.63, 3.8) is 0 Å². The summed E-state index contributed by atoms with van der Waals surface area (Å²) in [6.45, 7) is 1.60. The fourth-order valence-electron chi connectivity index (χ4n) is 4.69. The van der Waals surface area contributed by atoms with Gasteiger partial charge < -0.3 is 14.7 Å². The Balaban J connectivity index is 2.09. The van der Waals surface area contributed by atoms with Gasteiger partial charge >= 0.3 is 5.97 Å². The van der Waals surface area contributed by atoms with Gasteiger partial charge in [-0.1, -0.05) is 0 Å². The number of sulfone groups is 1. The van der Waals surface area contributed by atoms with E-state index in [2.05, 4.69) is 0 Å². The highest BCUT2D eigenvalue weighted by Gasteiger charge is 2.46. The summed E-state index contributed by atoms with van der Waals surface area (Å²) in [4.78, 5) is 12.8. The molecule has 3 rings (SSSR count). The molecule has 1 aromatic rings. The second-order valence-corrected chi connectivity index (χ2v) is 12.9. The van der Waals surface area contributed by atoms with Crippen molar-refractivity contribution in [1.29, 1.82) is 0 Å². The van der Waals surface area contributed by atoms with Crippen LogP contribution in [0.2, 0.25) is 0 Å². The van der Waals surface area contributed by atoms with Crippen molar-refractivity contribution in [2.75, 3.05) is 24.3 Å². The average Bonchev–Trinajstić information content (AvgIpc) is 2.88. The SMILES string of the molecule is CSc1cc2c(cc1OC[C@@H](C)C(=O)O)S(=O)(=O)[C@H](F)[C@H](CCC(C)(F)F)CN2C1CCC(F)(F)CC1. The Kier molecular flexibility index (Phi) is 8.98. The van der Waals surface area contributed by atoms with Crippen LogP contribution in [-0.2, 0) is 14.6 Å². The lowest BCUT2D eigenvalue weighted by Gasteiger charge is -2.39. The molecule has 0 amide bonds. The summed E-state index contributed by atoms with van der Waals surface area (Å²) in [5, 5.41) is 9.14. The van der Waals surface area contributed by atoms with Gasteiger partial charge in [0.2, 0.25) is 27.2 Å². The number of hydrogen-bond acceptors (Lipinski definition) is 6. The monoisotopic (exact) mass is 573 g/mol. The van der Waals surface area contributed by atoms with Gasteiger partial charge in [0.1, 0.15) is 12.4 Å². The fourth-order valence-corrected chi connectivity index (χ4v) is 6.95. The number of alkyl halides is 5. The van der Waals surface area contributed by atoms with Crippen molar-refractivity contribution in [3.8, 4) is 5.75 Å². The molecule has 0 spiro atoms. The molecule has 37 heavy (non-hydrogen) atoms. The predicted octanol–water partition coefficient (Wildman–Crippen LogP) is 6.03. The minimum absolute atomic E-state index is 0.0308. The lowest BCUT2D eigenvalue weighted by Crippen LogP contribution is -2.44. The van der Waals surface area contributed by atoms with Crippen LogP contribution in [0, 0.1) is 11.8 Å². The van der Waals surface area contributed by atoms with Crippen LogP contribution in [0.5, 0.6) is 5.75 Å². The molecule has 1 aliphatic heterocycles. The largest absolute Gasteiger partial charge is 0.491 e. The lowest BCUT2D eigenvalue weighted by molar-refractivity contribution is -0.142. The standard InChI is InChI=1S/C24H32F5NO5S2/c1-14(22(31)32)13-35-18-11-20-17(10-19(18)36-3)30(16-5-8-24(28,29)9-6-16)12-15(4-7-23(2,26)27)21(25)37(20,33)34/h10-11,14-16,21H,4-9,12-13H2,1-3H3,(H,31,32)/t14-,15-,21+/m1/s1. The van der Waals surface area contributed by atoms with E-state index in [4.69, 9.17) is 9.84 Å². The molecular formula is C24H32F5NO5S2. The highest BCUT2D eigenvalue weighted by atomic mass is 32.2. The number of hydrogen-bond donors (Lipinski definition) is 1. The van der Waals surface area contributed by atoms with Crippen molar-refractivity contribution in [2.45, 2.75) is 85.6 Å². The normalized spacial score (nSPS) is 24.7. The van der Waals surface area contributed by atoms with Crippen molar-refractivity contribution in [1.82, 2.24) is 0 Å². The number of anilines is 1. The van der Waals surface area contributed by atoms with Crippen LogP contribution >= 0.6 is 11.8 Å². The average molecular weight is 574 g/mol. The Labute approximate surface area is 217 Å². The van der Waals surface area contributed by atoms with E-state index < -0.39 is 81.6 Å². The van der Waals surface area contributed by atoms with Crippen molar-refractivity contribution in [3.05, 3.63) is 12.1 Å². The molecule has 2 aliphatic rings. The molecule has 1 heterocycles. The number of carboxylic acids is 1. The number of carboxylic acid groups (broad SMARTS) is 1. The molecule has 1 aromatic carbocycles. The first-order chi connectivity index (χ1) is 17.1. The van der Waals surface area contributed by atoms with Crippen LogP contribution < -0.4 is 9.64 Å². The minimum atomic E-state index is -4.68.